The van der Waals surface area contributed by atoms with Crippen LogP contribution in [0.25, 0.3) is 10.9 Å². The number of primary amides is 1. The maximum atomic E-state index is 15.1. The molecule has 0 aliphatic rings. The maximum Gasteiger partial charge on any atom is 0.305 e. The molecule has 15 amide bonds. The zero-order valence-electron chi connectivity index (χ0n) is 67.8. The van der Waals surface area contributed by atoms with E-state index in [1.807, 2.05) is 13.0 Å². The van der Waals surface area contributed by atoms with Crippen molar-refractivity contribution in [2.75, 3.05) is 57.4 Å². The highest BCUT2D eigenvalue weighted by Crippen LogP contribution is 2.21. The van der Waals surface area contributed by atoms with Crippen LogP contribution >= 0.6 is 25.3 Å². The minimum absolute atomic E-state index is 0.0164. The fraction of sp³-hybridized carbons (Fsp3) is 0.475. The lowest BCUT2D eigenvalue weighted by atomic mass is 9.97. The molecule has 0 spiro atoms. The molecule has 120 heavy (non-hydrogen) atoms. The predicted octanol–water partition coefficient (Wildman–Crippen LogP) is -3.83. The van der Waals surface area contributed by atoms with Gasteiger partial charge in [0.2, 0.25) is 88.6 Å². The van der Waals surface area contributed by atoms with Gasteiger partial charge in [-0.3, -0.25) is 76.7 Å². The number of hydrogen-bond acceptors (Lipinski definition) is 23. The molecule has 38 nitrogen and oxygen atoms in total. The Bertz CT molecular complexity index is 4350. The van der Waals surface area contributed by atoms with Gasteiger partial charge in [0.25, 0.3) is 0 Å². The van der Waals surface area contributed by atoms with Gasteiger partial charge in [-0.25, -0.2) is 0 Å². The molecule has 4 aromatic carbocycles. The van der Waals surface area contributed by atoms with E-state index in [9.17, 15) is 77.3 Å². The summed E-state index contributed by atoms with van der Waals surface area (Å²) in [5.41, 5.74) is 27.2. The van der Waals surface area contributed by atoms with E-state index in [0.29, 0.717) is 64.5 Å². The summed E-state index contributed by atoms with van der Waals surface area (Å²) < 4.78 is 5.33. The summed E-state index contributed by atoms with van der Waals surface area (Å²) in [6.07, 6.45) is 1.11. The summed E-state index contributed by atoms with van der Waals surface area (Å²) in [6.45, 7) is 7.77. The highest BCUT2D eigenvalue weighted by atomic mass is 32.1. The number of carboxylic acids is 1. The largest absolute Gasteiger partial charge is 0.508 e. The summed E-state index contributed by atoms with van der Waals surface area (Å²) in [7, 11) is 0. The third-order valence-corrected chi connectivity index (χ3v) is 19.7. The zero-order valence-corrected chi connectivity index (χ0v) is 69.6. The van der Waals surface area contributed by atoms with Crippen LogP contribution in [0, 0.1) is 19.8 Å². The first-order chi connectivity index (χ1) is 57.1. The van der Waals surface area contributed by atoms with Gasteiger partial charge in [-0.05, 0) is 118 Å². The van der Waals surface area contributed by atoms with Gasteiger partial charge in [-0.2, -0.15) is 25.3 Å². The molecule has 0 saturated carbocycles. The van der Waals surface area contributed by atoms with Crippen LogP contribution in [0.4, 0.5) is 0 Å². The van der Waals surface area contributed by atoms with Crippen molar-refractivity contribution in [3.05, 3.63) is 137 Å². The molecular weight excluding hydrogens is 1600 g/mol. The zero-order chi connectivity index (χ0) is 88.7. The fourth-order valence-corrected chi connectivity index (χ4v) is 12.9. The molecule has 654 valence electrons. The fourth-order valence-electron chi connectivity index (χ4n) is 12.4. The SMILES string of the molecule is CC(=O)N[C@@H](CS)C(=O)N[C@@H](C)C(=O)N[C@@H](CC(=O)O)C(=O)N[C@@H](Cc1c[nH]c2ccccc12)C(=O)N[C@H](C(=O)N[C@@H](CS)C(=O)N[C@@H](Cc1ccc(O)cc1)C(=O)N[C@@H](Cc1ccc(C)cc1C)C(=O)N[C@@H](CCCN)C(=O)N[C@@H](CN)C(=O)N[C@@H](Cc1ccccc1)C(=O)NCC(=O)NCCOCC(=O)N[C@H](CCCCN)C(N)=O)C(C)C. The molecule has 1 heterocycles. The van der Waals surface area contributed by atoms with Crippen LogP contribution in [0.3, 0.4) is 0 Å². The number of aryl methyl sites for hydroxylation is 2. The first kappa shape index (κ1) is 98.9. The number of hydrogen-bond donors (Lipinski definition) is 23. The number of nitrogens with one attached hydrogen (secondary N) is 15. The van der Waals surface area contributed by atoms with E-state index in [1.165, 1.54) is 31.2 Å². The summed E-state index contributed by atoms with van der Waals surface area (Å²) in [6, 6.07) is 8.78. The normalized spacial score (nSPS) is 14.1. The lowest BCUT2D eigenvalue weighted by Crippen LogP contribution is -2.62. The highest BCUT2D eigenvalue weighted by Gasteiger charge is 2.38. The first-order valence-electron chi connectivity index (χ1n) is 39.1. The summed E-state index contributed by atoms with van der Waals surface area (Å²) in [5, 5.41) is 56.5. The van der Waals surface area contributed by atoms with Gasteiger partial charge in [0.15, 0.2) is 0 Å². The highest BCUT2D eigenvalue weighted by molar-refractivity contribution is 7.80. The molecule has 0 fully saturated rings. The third-order valence-electron chi connectivity index (χ3n) is 19.0. The first-order valence-corrected chi connectivity index (χ1v) is 40.3. The van der Waals surface area contributed by atoms with Crippen LogP contribution in [0.15, 0.2) is 103 Å². The van der Waals surface area contributed by atoms with Gasteiger partial charge in [0.05, 0.1) is 19.6 Å². The minimum atomic E-state index is -1.86. The number of carboxylic acid groups (broad SMARTS) is 1. The number of unbranched alkanes of at least 4 members (excludes halogenated alkanes) is 1. The molecule has 40 heteroatoms. The van der Waals surface area contributed by atoms with E-state index in [2.05, 4.69) is 105 Å². The van der Waals surface area contributed by atoms with E-state index in [1.54, 1.807) is 93.7 Å². The molecule has 5 rings (SSSR count). The van der Waals surface area contributed by atoms with Crippen molar-refractivity contribution in [1.29, 1.82) is 0 Å². The van der Waals surface area contributed by atoms with Gasteiger partial charge >= 0.3 is 5.97 Å². The van der Waals surface area contributed by atoms with E-state index in [4.69, 9.17) is 27.7 Å². The van der Waals surface area contributed by atoms with Crippen molar-refractivity contribution in [2.45, 2.75) is 178 Å². The number of carbonyl (C=O) groups is 16. The van der Waals surface area contributed by atoms with Gasteiger partial charge in [-0.15, -0.1) is 0 Å². The molecule has 25 N–H and O–H groups in total. The average Bonchev–Trinajstić information content (AvgIpc) is 1.64. The van der Waals surface area contributed by atoms with Crippen LogP contribution in [-0.4, -0.2) is 240 Å². The van der Waals surface area contributed by atoms with Crippen LogP contribution in [0.2, 0.25) is 0 Å². The number of aromatic hydroxyl groups is 1. The van der Waals surface area contributed by atoms with Crippen molar-refractivity contribution in [1.82, 2.24) is 79.4 Å². The Morgan fingerprint density at radius 2 is 0.975 bits per heavy atom. The van der Waals surface area contributed by atoms with E-state index in [0.717, 1.165) is 12.5 Å². The minimum Gasteiger partial charge on any atom is -0.508 e. The van der Waals surface area contributed by atoms with E-state index >= 15 is 9.59 Å². The number of phenols is 1. The Labute approximate surface area is 705 Å². The number of nitrogens with two attached hydrogens (primary N) is 4. The average molecular weight is 1710 g/mol. The molecule has 0 aliphatic carbocycles. The lowest BCUT2D eigenvalue weighted by Gasteiger charge is -2.29. The van der Waals surface area contributed by atoms with Gasteiger partial charge < -0.3 is 117 Å². The summed E-state index contributed by atoms with van der Waals surface area (Å²) >= 11 is 8.48. The second-order valence-corrected chi connectivity index (χ2v) is 29.7. The predicted molar refractivity (Wildman–Crippen MR) is 449 cm³/mol. The Kier molecular flexibility index (Phi) is 41.9. The summed E-state index contributed by atoms with van der Waals surface area (Å²) in [5.74, 6) is -16.2. The van der Waals surface area contributed by atoms with Crippen molar-refractivity contribution in [3.63, 3.8) is 0 Å². The number of ether oxygens (including phenoxy) is 1. The number of amides is 15. The van der Waals surface area contributed by atoms with Crippen molar-refractivity contribution in [3.8, 4) is 5.75 Å². The molecule has 12 atom stereocenters. The Morgan fingerprint density at radius 3 is 1.56 bits per heavy atom. The van der Waals surface area contributed by atoms with Crippen LogP contribution in [-0.2, 0) is 107 Å². The molecule has 0 bridgehead atoms. The molecular formula is C80H113N19O19S2. The van der Waals surface area contributed by atoms with Crippen molar-refractivity contribution >= 4 is 131 Å². The van der Waals surface area contributed by atoms with Gasteiger partial charge in [0, 0.05) is 74.3 Å². The van der Waals surface area contributed by atoms with Crippen LogP contribution < -0.4 is 97.4 Å². The van der Waals surface area contributed by atoms with Gasteiger partial charge in [-0.1, -0.05) is 98.3 Å². The Hall–Kier alpha value is -11.7. The van der Waals surface area contributed by atoms with Crippen LogP contribution in [0.1, 0.15) is 99.6 Å². The molecule has 0 unspecified atom stereocenters. The smallest absolute Gasteiger partial charge is 0.305 e. The Morgan fingerprint density at radius 1 is 0.475 bits per heavy atom. The number of carbonyl (C=O) groups excluding carboxylic acids is 15. The van der Waals surface area contributed by atoms with E-state index in [-0.39, 0.29) is 69.7 Å². The van der Waals surface area contributed by atoms with Crippen molar-refractivity contribution < 1.29 is 91.7 Å². The van der Waals surface area contributed by atoms with Gasteiger partial charge in [0.1, 0.15) is 84.9 Å². The number of fused-ring (bicyclic) bond motifs is 1. The Balaban J connectivity index is 1.36. The van der Waals surface area contributed by atoms with Crippen LogP contribution in [0.5, 0.6) is 5.75 Å². The maximum absolute atomic E-state index is 15.1. The standard InChI is InChI=1S/C80H113N19O19S2/c1-43(2)68(99-76(113)60(35-51-38-86-54-18-11-10-17-53(51)54)96-75(112)61(36-67(104)105)92-70(107)46(5)88-78(115)63(41-119)89-47(6)100)80(117)98-64(42-120)79(116)94-58(33-49-22-25-52(101)26-23-49)73(110)95-59(34-50-24-21-44(3)31-45(50)4)74(111)91-56(20-14-28-82)72(109)97-62(37-83)77(114)93-57(32-48-15-8-7-9-16-48)71(108)87-39-65(102)85-29-30-118-40-66(103)90-55(69(84)106)19-12-13-27-81/h7-11,15-18,21-26,31,38,43,46,55-64,68,86,101,119-120H,12-14,19-20,27-30,32-37,39-42,81-83H2,1-6H3,(H2,84,106)(H,85,102)(H,87,108)(H,88,115)(H,89,100)(H,90,103)(H,91,111)(H,92,107)(H,93,114)(H,94,116)(H,95,110)(H,96,112)(H,97,109)(H,98,117)(H,99,113)(H,104,105)/t46-,55+,56-,57-,58-,59-,60-,61-,62-,63-,64-,68-/m0/s1. The molecule has 0 saturated heterocycles. The summed E-state index contributed by atoms with van der Waals surface area (Å²) in [4.78, 5) is 222. The molecule has 0 radical (unpaired) electrons. The molecule has 1 aromatic heterocycles. The second-order valence-electron chi connectivity index (χ2n) is 29.0. The number of phenolic OH excluding ortho intramolecular Hbond substituents is 1. The lowest BCUT2D eigenvalue weighted by molar-refractivity contribution is -0.141. The topological polar surface area (TPSA) is 611 Å². The molecule has 0 aliphatic heterocycles. The number of benzene rings is 4. The third kappa shape index (κ3) is 33.6. The number of aromatic amines is 1. The van der Waals surface area contributed by atoms with Crippen molar-refractivity contribution in [2.24, 2.45) is 28.9 Å². The monoisotopic (exact) mass is 1710 g/mol. The molecule has 5 aromatic rings. The number of H-pyrrole nitrogens is 1. The number of para-hydroxylation sites is 1. The van der Waals surface area contributed by atoms with E-state index < -0.39 is 205 Å². The number of aromatic nitrogens is 1. The second kappa shape index (κ2) is 50.9. The number of rotatable bonds is 52. The number of thiol groups is 2. The quantitative estimate of drug-likeness (QED) is 0.0131. The number of aliphatic carboxylic acids is 1.